The first-order valence-electron chi connectivity index (χ1n) is 14.0. The maximum absolute atomic E-state index is 12.8. The number of carbonyl (C=O) groups excluding carboxylic acids is 1. The van der Waals surface area contributed by atoms with Gasteiger partial charge in [0.2, 0.25) is 0 Å². The smallest absolute Gasteiger partial charge is 0.349 e. The van der Waals surface area contributed by atoms with E-state index in [0.717, 1.165) is 10.4 Å². The van der Waals surface area contributed by atoms with Crippen LogP contribution in [0.15, 0.2) is 53.9 Å². The van der Waals surface area contributed by atoms with Crippen LogP contribution in [0.1, 0.15) is 52.7 Å². The Morgan fingerprint density at radius 3 is 2.10 bits per heavy atom. The van der Waals surface area contributed by atoms with Gasteiger partial charge < -0.3 is 23.4 Å². The summed E-state index contributed by atoms with van der Waals surface area (Å²) >= 11 is 1.62. The van der Waals surface area contributed by atoms with E-state index in [0.29, 0.717) is 28.4 Å². The van der Waals surface area contributed by atoms with E-state index >= 15 is 0 Å². The molecule has 3 rings (SSSR count). The number of nitriles is 1. The second-order valence-corrected chi connectivity index (χ2v) is 17.8. The predicted octanol–water partition coefficient (Wildman–Crippen LogP) is 8.14. The minimum absolute atomic E-state index is 0.111. The van der Waals surface area contributed by atoms with Crippen LogP contribution < -0.4 is 14.2 Å². The standard InChI is InChI=1S/C33H43NO6SSi/c1-11-38-30(35)32(5,6)39-25-18-17-23(28-16-13-19-41-28)20-24(25)21-33(22-34,40-42(9,10)31(2,3)4)29-26(36-7)14-12-15-27(29)37-8/h12-20H,11,21H2,1-10H3. The zero-order valence-corrected chi connectivity index (χ0v) is 28.2. The number of ether oxygens (including phenoxy) is 4. The van der Waals surface area contributed by atoms with Gasteiger partial charge >= 0.3 is 5.97 Å². The summed E-state index contributed by atoms with van der Waals surface area (Å²) in [4.78, 5) is 13.9. The zero-order chi connectivity index (χ0) is 31.3. The molecule has 226 valence electrons. The molecule has 1 heterocycles. The number of methoxy groups -OCH3 is 2. The molecule has 0 aliphatic rings. The average molecular weight is 610 g/mol. The Morgan fingerprint density at radius 1 is 0.952 bits per heavy atom. The van der Waals surface area contributed by atoms with E-state index in [1.165, 1.54) is 0 Å². The number of nitrogens with zero attached hydrogens (tertiary/aromatic N) is 1. The molecule has 0 fully saturated rings. The molecule has 0 bridgehead atoms. The number of hydrogen-bond acceptors (Lipinski definition) is 8. The molecule has 1 atom stereocenters. The second-order valence-electron chi connectivity index (χ2n) is 12.1. The largest absolute Gasteiger partial charge is 0.496 e. The molecular formula is C33H43NO6SSi. The number of thiophene rings is 1. The number of esters is 1. The average Bonchev–Trinajstić information content (AvgIpc) is 3.47. The fourth-order valence-corrected chi connectivity index (χ4v) is 6.56. The maximum atomic E-state index is 12.8. The van der Waals surface area contributed by atoms with Crippen LogP contribution in [0.2, 0.25) is 18.1 Å². The van der Waals surface area contributed by atoms with E-state index in [9.17, 15) is 10.1 Å². The van der Waals surface area contributed by atoms with Gasteiger partial charge in [0.05, 0.1) is 26.4 Å². The number of carbonyl (C=O) groups is 1. The van der Waals surface area contributed by atoms with Gasteiger partial charge in [0.1, 0.15) is 23.3 Å². The fraction of sp³-hybridized carbons (Fsp3) is 0.455. The molecule has 1 unspecified atom stereocenters. The van der Waals surface area contributed by atoms with Crippen molar-refractivity contribution < 1.29 is 28.2 Å². The van der Waals surface area contributed by atoms with Crippen molar-refractivity contribution in [3.63, 3.8) is 0 Å². The third-order valence-corrected chi connectivity index (χ3v) is 13.1. The number of hydrogen-bond donors (Lipinski definition) is 0. The van der Waals surface area contributed by atoms with Gasteiger partial charge in [-0.3, -0.25) is 0 Å². The predicted molar refractivity (Wildman–Crippen MR) is 170 cm³/mol. The van der Waals surface area contributed by atoms with Crippen LogP contribution in [0.3, 0.4) is 0 Å². The topological polar surface area (TPSA) is 87.0 Å². The minimum Gasteiger partial charge on any atom is -0.496 e. The van der Waals surface area contributed by atoms with Crippen LogP contribution in [0.25, 0.3) is 10.4 Å². The Kier molecular flexibility index (Phi) is 10.2. The summed E-state index contributed by atoms with van der Waals surface area (Å²) in [6.07, 6.45) is 0.111. The van der Waals surface area contributed by atoms with Crippen molar-refractivity contribution in [1.29, 1.82) is 5.26 Å². The third kappa shape index (κ3) is 7.00. The summed E-state index contributed by atoms with van der Waals surface area (Å²) in [5.41, 5.74) is -0.605. The molecule has 0 saturated carbocycles. The highest BCUT2D eigenvalue weighted by Gasteiger charge is 2.49. The first-order valence-corrected chi connectivity index (χ1v) is 17.8. The Hall–Kier alpha value is -3.32. The highest BCUT2D eigenvalue weighted by Crippen LogP contribution is 2.49. The summed E-state index contributed by atoms with van der Waals surface area (Å²) in [6, 6.07) is 17.8. The SMILES string of the molecule is CCOC(=O)C(C)(C)Oc1ccc(-c2cccs2)cc1CC(C#N)(O[Si](C)(C)C(C)(C)C)c1c(OC)cccc1OC. The van der Waals surface area contributed by atoms with Gasteiger partial charge in [-0.2, -0.15) is 5.26 Å². The lowest BCUT2D eigenvalue weighted by Crippen LogP contribution is -2.49. The van der Waals surface area contributed by atoms with Crippen molar-refractivity contribution in [1.82, 2.24) is 0 Å². The molecule has 0 N–H and O–H groups in total. The van der Waals surface area contributed by atoms with E-state index in [1.807, 2.05) is 53.9 Å². The van der Waals surface area contributed by atoms with Crippen molar-refractivity contribution >= 4 is 25.6 Å². The first kappa shape index (κ1) is 33.2. The summed E-state index contributed by atoms with van der Waals surface area (Å²) in [5, 5.41) is 12.9. The van der Waals surface area contributed by atoms with Crippen molar-refractivity contribution in [2.45, 2.75) is 77.3 Å². The molecule has 0 aliphatic carbocycles. The molecule has 1 aromatic heterocycles. The molecule has 0 aliphatic heterocycles. The highest BCUT2D eigenvalue weighted by atomic mass is 32.1. The molecule has 9 heteroatoms. The molecule has 7 nitrogen and oxygen atoms in total. The van der Waals surface area contributed by atoms with Crippen LogP contribution in [0, 0.1) is 11.3 Å². The molecule has 0 amide bonds. The molecule has 0 radical (unpaired) electrons. The summed E-state index contributed by atoms with van der Waals surface area (Å²) < 4.78 is 30.3. The van der Waals surface area contributed by atoms with Gasteiger partial charge in [-0.1, -0.05) is 32.9 Å². The Morgan fingerprint density at radius 2 is 1.60 bits per heavy atom. The van der Waals surface area contributed by atoms with Crippen molar-refractivity contribution in [3.05, 3.63) is 65.0 Å². The van der Waals surface area contributed by atoms with E-state index in [2.05, 4.69) is 39.9 Å². The molecule has 0 spiro atoms. The van der Waals surface area contributed by atoms with Crippen molar-refractivity contribution in [2.75, 3.05) is 20.8 Å². The second kappa shape index (κ2) is 12.9. The van der Waals surface area contributed by atoms with Crippen molar-refractivity contribution in [3.8, 4) is 33.8 Å². The maximum Gasteiger partial charge on any atom is 0.349 e. The van der Waals surface area contributed by atoms with Crippen LogP contribution >= 0.6 is 11.3 Å². The molecule has 2 aromatic carbocycles. The van der Waals surface area contributed by atoms with Gasteiger partial charge in [0, 0.05) is 11.3 Å². The van der Waals surface area contributed by atoms with E-state index in [4.69, 9.17) is 23.4 Å². The lowest BCUT2D eigenvalue weighted by Gasteiger charge is -2.43. The molecular weight excluding hydrogens is 567 g/mol. The highest BCUT2D eigenvalue weighted by molar-refractivity contribution is 7.13. The van der Waals surface area contributed by atoms with E-state index in [-0.39, 0.29) is 18.1 Å². The quantitative estimate of drug-likeness (QED) is 0.151. The summed E-state index contributed by atoms with van der Waals surface area (Å²) in [5.74, 6) is 0.950. The van der Waals surface area contributed by atoms with Crippen molar-refractivity contribution in [2.24, 2.45) is 0 Å². The number of benzene rings is 2. The van der Waals surface area contributed by atoms with Crippen LogP contribution in [0.4, 0.5) is 0 Å². The lowest BCUT2D eigenvalue weighted by molar-refractivity contribution is -0.158. The minimum atomic E-state index is -2.58. The number of rotatable bonds is 12. The Labute approximate surface area is 255 Å². The Balaban J connectivity index is 2.32. The summed E-state index contributed by atoms with van der Waals surface area (Å²) in [7, 11) is 0.565. The van der Waals surface area contributed by atoms with Crippen LogP contribution in [-0.2, 0) is 26.0 Å². The van der Waals surface area contributed by atoms with Crippen LogP contribution in [-0.4, -0.2) is 40.7 Å². The summed E-state index contributed by atoms with van der Waals surface area (Å²) in [6.45, 7) is 16.0. The van der Waals surface area contributed by atoms with E-state index in [1.54, 1.807) is 46.3 Å². The normalized spacial score (nSPS) is 13.5. The third-order valence-electron chi connectivity index (χ3n) is 7.69. The Bertz CT molecular complexity index is 1400. The fourth-order valence-electron chi connectivity index (χ4n) is 4.43. The molecule has 42 heavy (non-hydrogen) atoms. The zero-order valence-electron chi connectivity index (χ0n) is 26.4. The molecule has 0 saturated heterocycles. The molecule has 3 aromatic rings. The van der Waals surface area contributed by atoms with Gasteiger partial charge in [-0.15, -0.1) is 11.3 Å². The van der Waals surface area contributed by atoms with E-state index < -0.39 is 25.5 Å². The first-order chi connectivity index (χ1) is 19.6. The van der Waals surface area contributed by atoms with Crippen LogP contribution in [0.5, 0.6) is 17.2 Å². The van der Waals surface area contributed by atoms with Gasteiger partial charge in [0.15, 0.2) is 19.5 Å². The van der Waals surface area contributed by atoms with Gasteiger partial charge in [0.25, 0.3) is 0 Å². The monoisotopic (exact) mass is 609 g/mol. The van der Waals surface area contributed by atoms with Gasteiger partial charge in [-0.25, -0.2) is 4.79 Å². The lowest BCUT2D eigenvalue weighted by atomic mass is 9.86. The van der Waals surface area contributed by atoms with Gasteiger partial charge in [-0.05, 0) is 91.8 Å².